The molecule has 0 amide bonds. The molecule has 3 aromatic rings. The molecule has 34 heavy (non-hydrogen) atoms. The number of imidazole rings is 1. The number of likely N-dealkylation sites (N-methyl/N-ethyl adjacent to an activating group) is 1. The number of sulfonamides is 1. The lowest BCUT2D eigenvalue weighted by Gasteiger charge is -2.43. The molecular weight excluding hydrogens is 472 g/mol. The van der Waals surface area contributed by atoms with Crippen LogP contribution in [0.2, 0.25) is 0 Å². The van der Waals surface area contributed by atoms with Crippen LogP contribution in [-0.4, -0.2) is 52.8 Å². The standard InChI is InChI=1S/C24H28N4O4S2/c1-17-6-9-19(10-7-17)34(30,31)27(2)16-22(29)32-20-5-3-4-12-24(20,23(25)33)18-8-11-21-26-13-14-28(21)15-18/h6-11,13-15,20H,3-5,12,16H2,1-2H3,(H2,25,33). The molecule has 0 aliphatic heterocycles. The third kappa shape index (κ3) is 4.45. The van der Waals surface area contributed by atoms with Crippen molar-refractivity contribution in [1.29, 1.82) is 0 Å². The highest BCUT2D eigenvalue weighted by atomic mass is 32.2. The van der Waals surface area contributed by atoms with Gasteiger partial charge in [0.25, 0.3) is 0 Å². The van der Waals surface area contributed by atoms with Gasteiger partial charge in [-0.3, -0.25) is 4.79 Å². The van der Waals surface area contributed by atoms with Crippen LogP contribution in [-0.2, 0) is 25.0 Å². The van der Waals surface area contributed by atoms with Crippen LogP contribution in [0.25, 0.3) is 5.65 Å². The minimum atomic E-state index is -3.84. The van der Waals surface area contributed by atoms with Crippen molar-refractivity contribution in [3.63, 3.8) is 0 Å². The van der Waals surface area contributed by atoms with E-state index in [1.807, 2.05) is 35.9 Å². The summed E-state index contributed by atoms with van der Waals surface area (Å²) in [5.74, 6) is -0.644. The Hall–Kier alpha value is -2.82. The number of thiocarbonyl (C=S) groups is 1. The van der Waals surface area contributed by atoms with Gasteiger partial charge >= 0.3 is 5.97 Å². The average molecular weight is 501 g/mol. The second-order valence-corrected chi connectivity index (χ2v) is 11.2. The Bertz CT molecular complexity index is 1320. The first kappa shape index (κ1) is 24.3. The number of carbonyl (C=O) groups is 1. The molecule has 2 heterocycles. The lowest BCUT2D eigenvalue weighted by Crippen LogP contribution is -2.53. The van der Waals surface area contributed by atoms with Crippen LogP contribution in [0, 0.1) is 6.92 Å². The lowest BCUT2D eigenvalue weighted by atomic mass is 9.67. The average Bonchev–Trinajstić information content (AvgIpc) is 3.27. The van der Waals surface area contributed by atoms with Gasteiger partial charge in [-0.05, 0) is 49.9 Å². The number of pyridine rings is 1. The summed E-state index contributed by atoms with van der Waals surface area (Å²) in [6.07, 6.45) is 7.82. The molecule has 1 aliphatic rings. The quantitative estimate of drug-likeness (QED) is 0.393. The molecule has 2 atom stereocenters. The number of esters is 1. The van der Waals surface area contributed by atoms with E-state index in [4.69, 9.17) is 22.7 Å². The molecule has 1 aliphatic carbocycles. The largest absolute Gasteiger partial charge is 0.460 e. The maximum atomic E-state index is 12.9. The molecule has 0 radical (unpaired) electrons. The number of aromatic nitrogens is 2. The number of rotatable bonds is 7. The van der Waals surface area contributed by atoms with Gasteiger partial charge in [-0.2, -0.15) is 4.31 Å². The van der Waals surface area contributed by atoms with Gasteiger partial charge in [-0.1, -0.05) is 42.4 Å². The van der Waals surface area contributed by atoms with Crippen LogP contribution in [0.15, 0.2) is 59.9 Å². The van der Waals surface area contributed by atoms with E-state index in [-0.39, 0.29) is 9.88 Å². The number of hydrogen-bond donors (Lipinski definition) is 1. The summed E-state index contributed by atoms with van der Waals surface area (Å²) in [7, 11) is -2.47. The molecule has 0 spiro atoms. The highest BCUT2D eigenvalue weighted by molar-refractivity contribution is 7.89. The molecule has 2 unspecified atom stereocenters. The molecule has 8 nitrogen and oxygen atoms in total. The van der Waals surface area contributed by atoms with Crippen molar-refractivity contribution >= 4 is 38.8 Å². The Balaban J connectivity index is 1.57. The van der Waals surface area contributed by atoms with Crippen LogP contribution < -0.4 is 5.73 Å². The first-order valence-electron chi connectivity index (χ1n) is 11.1. The molecule has 180 valence electrons. The summed E-state index contributed by atoms with van der Waals surface area (Å²) in [4.78, 5) is 17.6. The fourth-order valence-corrected chi connectivity index (χ4v) is 6.06. The molecular formula is C24H28N4O4S2. The SMILES string of the molecule is Cc1ccc(S(=O)(=O)N(C)CC(=O)OC2CCCCC2(C(N)=S)c2ccc3nccn3c2)cc1. The van der Waals surface area contributed by atoms with Crippen molar-refractivity contribution in [2.45, 2.75) is 49.0 Å². The first-order valence-corrected chi connectivity index (χ1v) is 12.9. The maximum absolute atomic E-state index is 12.9. The topological polar surface area (TPSA) is 107 Å². The summed E-state index contributed by atoms with van der Waals surface area (Å²) >= 11 is 5.52. The van der Waals surface area contributed by atoms with Crippen molar-refractivity contribution in [3.05, 3.63) is 66.1 Å². The molecule has 1 saturated carbocycles. The Morgan fingerprint density at radius 1 is 1.26 bits per heavy atom. The number of hydrogen-bond acceptors (Lipinski definition) is 6. The van der Waals surface area contributed by atoms with Gasteiger partial charge in [0.05, 0.1) is 15.3 Å². The van der Waals surface area contributed by atoms with Crippen molar-refractivity contribution in [1.82, 2.24) is 13.7 Å². The first-order chi connectivity index (χ1) is 16.1. The van der Waals surface area contributed by atoms with E-state index in [9.17, 15) is 13.2 Å². The number of fused-ring (bicyclic) bond motifs is 1. The number of carbonyl (C=O) groups excluding carboxylic acids is 1. The number of benzene rings is 1. The summed E-state index contributed by atoms with van der Waals surface area (Å²) in [6, 6.07) is 10.3. The van der Waals surface area contributed by atoms with E-state index in [2.05, 4.69) is 4.98 Å². The van der Waals surface area contributed by atoms with E-state index in [1.54, 1.807) is 18.3 Å². The van der Waals surface area contributed by atoms with Gasteiger partial charge in [0.1, 0.15) is 18.3 Å². The number of nitrogens with two attached hydrogens (primary N) is 1. The van der Waals surface area contributed by atoms with Gasteiger partial charge in [0, 0.05) is 25.6 Å². The van der Waals surface area contributed by atoms with Gasteiger partial charge < -0.3 is 14.9 Å². The Kier molecular flexibility index (Phi) is 6.75. The van der Waals surface area contributed by atoms with Crippen molar-refractivity contribution in [2.75, 3.05) is 13.6 Å². The van der Waals surface area contributed by atoms with Crippen molar-refractivity contribution in [3.8, 4) is 0 Å². The number of nitrogens with zero attached hydrogens (tertiary/aromatic N) is 3. The highest BCUT2D eigenvalue weighted by Crippen LogP contribution is 2.42. The molecule has 4 rings (SSSR count). The number of aryl methyl sites for hydroxylation is 1. The number of ether oxygens (including phenoxy) is 1. The normalized spacial score (nSPS) is 21.0. The Morgan fingerprint density at radius 3 is 2.71 bits per heavy atom. The monoisotopic (exact) mass is 500 g/mol. The fourth-order valence-electron chi connectivity index (χ4n) is 4.59. The minimum Gasteiger partial charge on any atom is -0.460 e. The predicted octanol–water partition coefficient (Wildman–Crippen LogP) is 2.97. The van der Waals surface area contributed by atoms with Crippen molar-refractivity contribution < 1.29 is 17.9 Å². The van der Waals surface area contributed by atoms with Crippen LogP contribution >= 0.6 is 12.2 Å². The van der Waals surface area contributed by atoms with Crippen LogP contribution in [0.1, 0.15) is 36.8 Å². The molecule has 10 heteroatoms. The highest BCUT2D eigenvalue weighted by Gasteiger charge is 2.47. The van der Waals surface area contributed by atoms with E-state index in [0.717, 1.165) is 33.9 Å². The van der Waals surface area contributed by atoms with E-state index < -0.39 is 34.1 Å². The molecule has 1 fully saturated rings. The minimum absolute atomic E-state index is 0.122. The summed E-state index contributed by atoms with van der Waals surface area (Å²) < 4.78 is 34.6. The van der Waals surface area contributed by atoms with Gasteiger partial charge in [-0.25, -0.2) is 13.4 Å². The second kappa shape index (κ2) is 9.44. The fraction of sp³-hybridized carbons (Fsp3) is 0.375. The zero-order valence-corrected chi connectivity index (χ0v) is 20.8. The lowest BCUT2D eigenvalue weighted by molar-refractivity contribution is -0.153. The summed E-state index contributed by atoms with van der Waals surface area (Å²) in [5.41, 5.74) is 8.03. The van der Waals surface area contributed by atoms with Gasteiger partial charge in [0.2, 0.25) is 10.0 Å². The molecule has 2 N–H and O–H groups in total. The van der Waals surface area contributed by atoms with Gasteiger partial charge in [0.15, 0.2) is 0 Å². The van der Waals surface area contributed by atoms with Gasteiger partial charge in [-0.15, -0.1) is 0 Å². The van der Waals surface area contributed by atoms with Crippen LogP contribution in [0.5, 0.6) is 0 Å². The van der Waals surface area contributed by atoms with E-state index in [1.165, 1.54) is 19.2 Å². The third-order valence-corrected chi connectivity index (χ3v) is 8.72. The maximum Gasteiger partial charge on any atom is 0.321 e. The van der Waals surface area contributed by atoms with Crippen LogP contribution in [0.3, 0.4) is 0 Å². The molecule has 2 aromatic heterocycles. The summed E-state index contributed by atoms with van der Waals surface area (Å²) in [5, 5.41) is 0. The van der Waals surface area contributed by atoms with E-state index in [0.29, 0.717) is 12.8 Å². The van der Waals surface area contributed by atoms with E-state index >= 15 is 0 Å². The second-order valence-electron chi connectivity index (χ2n) is 8.74. The van der Waals surface area contributed by atoms with Crippen LogP contribution in [0.4, 0.5) is 0 Å². The molecule has 1 aromatic carbocycles. The Morgan fingerprint density at radius 2 is 2.00 bits per heavy atom. The third-order valence-electron chi connectivity index (χ3n) is 6.54. The predicted molar refractivity (Wildman–Crippen MR) is 133 cm³/mol. The zero-order valence-electron chi connectivity index (χ0n) is 19.2. The summed E-state index contributed by atoms with van der Waals surface area (Å²) in [6.45, 7) is 1.46. The Labute approximate surface area is 204 Å². The molecule has 0 bridgehead atoms. The zero-order chi connectivity index (χ0) is 24.5. The molecule has 0 saturated heterocycles. The van der Waals surface area contributed by atoms with Crippen molar-refractivity contribution in [2.24, 2.45) is 5.73 Å². The smallest absolute Gasteiger partial charge is 0.321 e.